The number of halogens is 1. The minimum atomic E-state index is -0.526. The Hall–Kier alpha value is -3.00. The van der Waals surface area contributed by atoms with Crippen LogP contribution in [0.5, 0.6) is 5.75 Å². The van der Waals surface area contributed by atoms with Gasteiger partial charge in [-0.2, -0.15) is 4.99 Å². The summed E-state index contributed by atoms with van der Waals surface area (Å²) in [4.78, 5) is 29.3. The lowest BCUT2D eigenvalue weighted by molar-refractivity contribution is -0.143. The molecular weight excluding hydrogens is 419 g/mol. The van der Waals surface area contributed by atoms with Crippen LogP contribution in [0.15, 0.2) is 47.5 Å². The number of carbonyl (C=O) groups excluding carboxylic acids is 2. The molecule has 3 rings (SSSR count). The van der Waals surface area contributed by atoms with Crippen LogP contribution in [-0.4, -0.2) is 29.7 Å². The molecule has 0 atom stereocenters. The molecule has 0 aliphatic rings. The number of hydrogen-bond acceptors (Lipinski definition) is 5. The Bertz CT molecular complexity index is 1140. The quantitative estimate of drug-likeness (QED) is 0.354. The van der Waals surface area contributed by atoms with Crippen molar-refractivity contribution in [3.8, 4) is 5.75 Å². The molecule has 164 valence electrons. The molecule has 1 aromatic heterocycles. The van der Waals surface area contributed by atoms with E-state index in [0.29, 0.717) is 22.6 Å². The van der Waals surface area contributed by atoms with Gasteiger partial charge < -0.3 is 14.0 Å². The topological polar surface area (TPSA) is 69.9 Å². The van der Waals surface area contributed by atoms with Crippen molar-refractivity contribution in [2.24, 2.45) is 4.99 Å². The number of nitrogens with zero attached hydrogens (tertiary/aromatic N) is 2. The summed E-state index contributed by atoms with van der Waals surface area (Å²) in [7, 11) is 0. The second kappa shape index (κ2) is 10.9. The standard InChI is InChI=1S/C23H25FN2O4S/c1-3-5-6-13-30-17-10-7-9-16(14-17)22(28)25-23-26(15-20(27)29-4-2)21-18(24)11-8-12-19(21)31-23/h7-12,14H,3-6,13,15H2,1-2H3. The summed E-state index contributed by atoms with van der Waals surface area (Å²) in [6, 6.07) is 11.4. The van der Waals surface area contributed by atoms with E-state index in [0.717, 1.165) is 30.6 Å². The molecule has 8 heteroatoms. The van der Waals surface area contributed by atoms with Crippen molar-refractivity contribution in [1.82, 2.24) is 4.57 Å². The molecule has 0 saturated carbocycles. The van der Waals surface area contributed by atoms with Gasteiger partial charge in [-0.15, -0.1) is 0 Å². The monoisotopic (exact) mass is 444 g/mol. The molecule has 1 amide bonds. The van der Waals surface area contributed by atoms with Gasteiger partial charge in [-0.3, -0.25) is 9.59 Å². The Kier molecular flexibility index (Phi) is 7.94. The Balaban J connectivity index is 1.94. The van der Waals surface area contributed by atoms with Crippen molar-refractivity contribution in [3.63, 3.8) is 0 Å². The molecule has 0 aliphatic heterocycles. The Morgan fingerprint density at radius 2 is 1.94 bits per heavy atom. The van der Waals surface area contributed by atoms with Gasteiger partial charge in [0.05, 0.1) is 23.4 Å². The molecule has 2 aromatic carbocycles. The van der Waals surface area contributed by atoms with Gasteiger partial charge in [0.25, 0.3) is 5.91 Å². The first-order chi connectivity index (χ1) is 15.0. The van der Waals surface area contributed by atoms with Crippen LogP contribution < -0.4 is 9.54 Å². The third-order valence-electron chi connectivity index (χ3n) is 4.54. The maximum Gasteiger partial charge on any atom is 0.326 e. The number of thiazole rings is 1. The number of carbonyl (C=O) groups is 2. The Morgan fingerprint density at radius 1 is 1.13 bits per heavy atom. The zero-order valence-electron chi connectivity index (χ0n) is 17.6. The molecule has 3 aromatic rings. The predicted octanol–water partition coefficient (Wildman–Crippen LogP) is 4.72. The molecule has 0 saturated heterocycles. The number of fused-ring (bicyclic) bond motifs is 1. The minimum absolute atomic E-state index is 0.209. The van der Waals surface area contributed by atoms with Crippen molar-refractivity contribution >= 4 is 33.4 Å². The van der Waals surface area contributed by atoms with E-state index in [2.05, 4.69) is 11.9 Å². The molecule has 0 spiro atoms. The van der Waals surface area contributed by atoms with Crippen LogP contribution in [0.1, 0.15) is 43.5 Å². The summed E-state index contributed by atoms with van der Waals surface area (Å²) < 4.78 is 27.2. The van der Waals surface area contributed by atoms with Crippen LogP contribution in [0.4, 0.5) is 4.39 Å². The molecule has 0 radical (unpaired) electrons. The second-order valence-corrected chi connectivity index (χ2v) is 7.87. The average Bonchev–Trinajstić information content (AvgIpc) is 3.09. The fourth-order valence-corrected chi connectivity index (χ4v) is 4.11. The number of unbranched alkanes of at least 4 members (excludes halogenated alkanes) is 2. The van der Waals surface area contributed by atoms with Crippen LogP contribution >= 0.6 is 11.3 Å². The zero-order chi connectivity index (χ0) is 22.2. The van der Waals surface area contributed by atoms with E-state index in [-0.39, 0.29) is 23.5 Å². The van der Waals surface area contributed by atoms with Crippen molar-refractivity contribution < 1.29 is 23.5 Å². The highest BCUT2D eigenvalue weighted by Crippen LogP contribution is 2.21. The first-order valence-corrected chi connectivity index (χ1v) is 11.1. The highest BCUT2D eigenvalue weighted by molar-refractivity contribution is 7.16. The smallest absolute Gasteiger partial charge is 0.326 e. The van der Waals surface area contributed by atoms with Gasteiger partial charge in [0.2, 0.25) is 0 Å². The summed E-state index contributed by atoms with van der Waals surface area (Å²) >= 11 is 1.14. The molecular formula is C23H25FN2O4S. The minimum Gasteiger partial charge on any atom is -0.494 e. The van der Waals surface area contributed by atoms with E-state index in [4.69, 9.17) is 9.47 Å². The Labute approximate surface area is 184 Å². The number of aromatic nitrogens is 1. The van der Waals surface area contributed by atoms with Gasteiger partial charge in [-0.25, -0.2) is 4.39 Å². The first kappa shape index (κ1) is 22.7. The number of amides is 1. The zero-order valence-corrected chi connectivity index (χ0v) is 18.4. The predicted molar refractivity (Wildman–Crippen MR) is 118 cm³/mol. The normalized spacial score (nSPS) is 11.6. The fourth-order valence-electron chi connectivity index (χ4n) is 3.07. The van der Waals surface area contributed by atoms with Crippen molar-refractivity contribution in [1.29, 1.82) is 0 Å². The number of para-hydroxylation sites is 1. The number of ether oxygens (including phenoxy) is 2. The molecule has 0 aliphatic carbocycles. The molecule has 0 unspecified atom stereocenters. The lowest BCUT2D eigenvalue weighted by Gasteiger charge is -2.07. The lowest BCUT2D eigenvalue weighted by atomic mass is 10.2. The summed E-state index contributed by atoms with van der Waals surface area (Å²) in [5, 5.41) is 0. The fraction of sp³-hybridized carbons (Fsp3) is 0.348. The highest BCUT2D eigenvalue weighted by atomic mass is 32.1. The third kappa shape index (κ3) is 5.79. The average molecular weight is 445 g/mol. The van der Waals surface area contributed by atoms with Crippen molar-refractivity contribution in [2.45, 2.75) is 39.7 Å². The van der Waals surface area contributed by atoms with Crippen LogP contribution in [0.25, 0.3) is 10.2 Å². The summed E-state index contributed by atoms with van der Waals surface area (Å²) in [5.74, 6) is -0.918. The lowest BCUT2D eigenvalue weighted by Crippen LogP contribution is -2.23. The SMILES string of the molecule is CCCCCOc1cccc(C(=O)N=c2sc3cccc(F)c3n2CC(=O)OCC)c1. The molecule has 1 heterocycles. The summed E-state index contributed by atoms with van der Waals surface area (Å²) in [6.07, 6.45) is 3.12. The second-order valence-electron chi connectivity index (χ2n) is 6.86. The van der Waals surface area contributed by atoms with Gasteiger partial charge in [-0.1, -0.05) is 43.2 Å². The van der Waals surface area contributed by atoms with Crippen LogP contribution in [0, 0.1) is 5.82 Å². The van der Waals surface area contributed by atoms with Crippen LogP contribution in [-0.2, 0) is 16.1 Å². The van der Waals surface area contributed by atoms with E-state index >= 15 is 0 Å². The molecule has 6 nitrogen and oxygen atoms in total. The van der Waals surface area contributed by atoms with Crippen LogP contribution in [0.2, 0.25) is 0 Å². The van der Waals surface area contributed by atoms with Crippen molar-refractivity contribution in [3.05, 3.63) is 58.6 Å². The largest absolute Gasteiger partial charge is 0.494 e. The molecule has 31 heavy (non-hydrogen) atoms. The van der Waals surface area contributed by atoms with E-state index < -0.39 is 17.7 Å². The number of rotatable bonds is 9. The van der Waals surface area contributed by atoms with Crippen LogP contribution in [0.3, 0.4) is 0 Å². The number of hydrogen-bond donors (Lipinski definition) is 0. The van der Waals surface area contributed by atoms with E-state index in [1.54, 1.807) is 43.3 Å². The summed E-state index contributed by atoms with van der Waals surface area (Å²) in [5.41, 5.74) is 0.578. The number of esters is 1. The Morgan fingerprint density at radius 3 is 2.71 bits per heavy atom. The first-order valence-electron chi connectivity index (χ1n) is 10.3. The van der Waals surface area contributed by atoms with Gasteiger partial charge in [0, 0.05) is 5.56 Å². The number of benzene rings is 2. The third-order valence-corrected chi connectivity index (χ3v) is 5.58. The van der Waals surface area contributed by atoms with Crippen molar-refractivity contribution in [2.75, 3.05) is 13.2 Å². The van der Waals surface area contributed by atoms with E-state index in [1.807, 2.05) is 0 Å². The molecule has 0 N–H and O–H groups in total. The summed E-state index contributed by atoms with van der Waals surface area (Å²) in [6.45, 7) is 4.37. The van der Waals surface area contributed by atoms with Gasteiger partial charge in [-0.05, 0) is 43.7 Å². The maximum atomic E-state index is 14.5. The van der Waals surface area contributed by atoms with E-state index in [1.165, 1.54) is 10.6 Å². The molecule has 0 bridgehead atoms. The van der Waals surface area contributed by atoms with Gasteiger partial charge >= 0.3 is 5.97 Å². The van der Waals surface area contributed by atoms with E-state index in [9.17, 15) is 14.0 Å². The molecule has 0 fully saturated rings. The highest BCUT2D eigenvalue weighted by Gasteiger charge is 2.16. The maximum absolute atomic E-state index is 14.5. The van der Waals surface area contributed by atoms with Gasteiger partial charge in [0.1, 0.15) is 18.1 Å². The van der Waals surface area contributed by atoms with Gasteiger partial charge in [0.15, 0.2) is 4.80 Å².